The molecule has 5 heteroatoms. The van der Waals surface area contributed by atoms with Crippen molar-refractivity contribution in [1.29, 1.82) is 0 Å². The van der Waals surface area contributed by atoms with Crippen molar-refractivity contribution in [3.63, 3.8) is 0 Å². The summed E-state index contributed by atoms with van der Waals surface area (Å²) in [4.78, 5) is 14.0. The number of halogens is 3. The van der Waals surface area contributed by atoms with E-state index < -0.39 is 5.95 Å². The highest BCUT2D eigenvalue weighted by Gasteiger charge is 2.12. The van der Waals surface area contributed by atoms with Gasteiger partial charge in [-0.1, -0.05) is 35.3 Å². The van der Waals surface area contributed by atoms with E-state index in [4.69, 9.17) is 23.2 Å². The molecule has 0 fully saturated rings. The molecule has 0 spiro atoms. The van der Waals surface area contributed by atoms with E-state index in [9.17, 15) is 9.18 Å². The van der Waals surface area contributed by atoms with Crippen molar-refractivity contribution in [3.05, 3.63) is 52.0 Å². The molecule has 0 bridgehead atoms. The van der Waals surface area contributed by atoms with Gasteiger partial charge in [-0.2, -0.15) is 4.39 Å². The van der Waals surface area contributed by atoms with Gasteiger partial charge in [0.05, 0.1) is 10.0 Å². The summed E-state index contributed by atoms with van der Waals surface area (Å²) in [5.74, 6) is -0.751. The molecule has 0 saturated heterocycles. The Bertz CT molecular complexity index is 587. The Kier molecular flexibility index (Phi) is 3.41. The standard InChI is InChI=1S/C12H6Cl2FNO/c13-10-3-1-2-8(11(10)14)9-5-4-7(6-17)16-12(9)15/h1-6H. The molecular formula is C12H6Cl2FNO. The number of hydrogen-bond acceptors (Lipinski definition) is 2. The highest BCUT2D eigenvalue weighted by molar-refractivity contribution is 6.43. The minimum absolute atomic E-state index is 0.0319. The quantitative estimate of drug-likeness (QED) is 0.609. The highest BCUT2D eigenvalue weighted by Crippen LogP contribution is 2.34. The van der Waals surface area contributed by atoms with Crippen molar-refractivity contribution in [3.8, 4) is 11.1 Å². The number of pyridine rings is 1. The van der Waals surface area contributed by atoms with Gasteiger partial charge in [0.15, 0.2) is 6.29 Å². The smallest absolute Gasteiger partial charge is 0.221 e. The molecule has 1 heterocycles. The summed E-state index contributed by atoms with van der Waals surface area (Å²) in [6.45, 7) is 0. The fourth-order valence-corrected chi connectivity index (χ4v) is 1.83. The lowest BCUT2D eigenvalue weighted by molar-refractivity contribution is 0.111. The fourth-order valence-electron chi connectivity index (χ4n) is 1.43. The monoisotopic (exact) mass is 269 g/mol. The van der Waals surface area contributed by atoms with Crippen LogP contribution in [0.25, 0.3) is 11.1 Å². The molecule has 1 aromatic heterocycles. The largest absolute Gasteiger partial charge is 0.296 e. The molecule has 0 unspecified atom stereocenters. The average molecular weight is 270 g/mol. The zero-order chi connectivity index (χ0) is 12.4. The van der Waals surface area contributed by atoms with Crippen LogP contribution in [0.4, 0.5) is 4.39 Å². The predicted octanol–water partition coefficient (Wildman–Crippen LogP) is 4.01. The third-order valence-electron chi connectivity index (χ3n) is 2.23. The molecule has 0 saturated carbocycles. The molecule has 0 radical (unpaired) electrons. The molecule has 0 aliphatic heterocycles. The number of nitrogens with zero attached hydrogens (tertiary/aromatic N) is 1. The summed E-state index contributed by atoms with van der Waals surface area (Å²) in [7, 11) is 0. The van der Waals surface area contributed by atoms with E-state index >= 15 is 0 Å². The molecule has 0 aliphatic carbocycles. The first-order valence-corrected chi connectivity index (χ1v) is 5.45. The summed E-state index contributed by atoms with van der Waals surface area (Å²) in [5.41, 5.74) is 0.689. The zero-order valence-corrected chi connectivity index (χ0v) is 9.97. The van der Waals surface area contributed by atoms with E-state index in [1.165, 1.54) is 12.1 Å². The minimum atomic E-state index is -0.751. The molecule has 0 aliphatic rings. The van der Waals surface area contributed by atoms with Gasteiger partial charge in [0.25, 0.3) is 0 Å². The third-order valence-corrected chi connectivity index (χ3v) is 3.05. The molecule has 2 rings (SSSR count). The van der Waals surface area contributed by atoms with E-state index in [0.29, 0.717) is 16.9 Å². The van der Waals surface area contributed by atoms with Crippen LogP contribution in [0.15, 0.2) is 30.3 Å². The van der Waals surface area contributed by atoms with E-state index in [-0.39, 0.29) is 16.3 Å². The zero-order valence-electron chi connectivity index (χ0n) is 8.45. The fraction of sp³-hybridized carbons (Fsp3) is 0. The minimum Gasteiger partial charge on any atom is -0.296 e. The number of rotatable bonds is 2. The molecule has 0 N–H and O–H groups in total. The Labute approximate surface area is 107 Å². The van der Waals surface area contributed by atoms with Crippen molar-refractivity contribution in [1.82, 2.24) is 4.98 Å². The molecular weight excluding hydrogens is 264 g/mol. The summed E-state index contributed by atoms with van der Waals surface area (Å²) in [5, 5.41) is 0.594. The van der Waals surface area contributed by atoms with Crippen LogP contribution in [0.3, 0.4) is 0 Å². The maximum Gasteiger partial charge on any atom is 0.221 e. The van der Waals surface area contributed by atoms with Gasteiger partial charge in [-0.3, -0.25) is 4.79 Å². The predicted molar refractivity (Wildman–Crippen MR) is 65.0 cm³/mol. The Balaban J connectivity index is 2.61. The topological polar surface area (TPSA) is 30.0 Å². The van der Waals surface area contributed by atoms with Crippen molar-refractivity contribution in [2.45, 2.75) is 0 Å². The summed E-state index contributed by atoms with van der Waals surface area (Å²) >= 11 is 11.8. The Morgan fingerprint density at radius 1 is 1.12 bits per heavy atom. The summed E-state index contributed by atoms with van der Waals surface area (Å²) < 4.78 is 13.7. The van der Waals surface area contributed by atoms with Gasteiger partial charge < -0.3 is 0 Å². The highest BCUT2D eigenvalue weighted by atomic mass is 35.5. The van der Waals surface area contributed by atoms with Gasteiger partial charge in [-0.25, -0.2) is 4.98 Å². The van der Waals surface area contributed by atoms with Crippen LogP contribution in [0.1, 0.15) is 10.5 Å². The Morgan fingerprint density at radius 2 is 1.88 bits per heavy atom. The molecule has 1 aromatic carbocycles. The van der Waals surface area contributed by atoms with Crippen LogP contribution in [0.2, 0.25) is 10.0 Å². The second kappa shape index (κ2) is 4.82. The first-order valence-electron chi connectivity index (χ1n) is 4.69. The average Bonchev–Trinajstić information content (AvgIpc) is 2.33. The number of aldehydes is 1. The van der Waals surface area contributed by atoms with Crippen LogP contribution >= 0.6 is 23.2 Å². The van der Waals surface area contributed by atoms with E-state index in [1.807, 2.05) is 0 Å². The molecule has 2 aromatic rings. The van der Waals surface area contributed by atoms with Crippen LogP contribution in [0.5, 0.6) is 0 Å². The van der Waals surface area contributed by atoms with Crippen LogP contribution in [0, 0.1) is 5.95 Å². The number of carbonyl (C=O) groups is 1. The molecule has 0 atom stereocenters. The van der Waals surface area contributed by atoms with Crippen molar-refractivity contribution in [2.24, 2.45) is 0 Å². The van der Waals surface area contributed by atoms with E-state index in [0.717, 1.165) is 0 Å². The van der Waals surface area contributed by atoms with Gasteiger partial charge in [-0.15, -0.1) is 0 Å². The number of hydrogen-bond donors (Lipinski definition) is 0. The molecule has 17 heavy (non-hydrogen) atoms. The lowest BCUT2D eigenvalue weighted by Gasteiger charge is -2.06. The number of benzene rings is 1. The van der Waals surface area contributed by atoms with Crippen LogP contribution < -0.4 is 0 Å². The first kappa shape index (κ1) is 12.0. The SMILES string of the molecule is O=Cc1ccc(-c2cccc(Cl)c2Cl)c(F)n1. The van der Waals surface area contributed by atoms with Gasteiger partial charge in [0.2, 0.25) is 5.95 Å². The third kappa shape index (κ3) is 2.30. The van der Waals surface area contributed by atoms with Gasteiger partial charge in [0, 0.05) is 11.1 Å². The van der Waals surface area contributed by atoms with Crippen LogP contribution in [-0.4, -0.2) is 11.3 Å². The van der Waals surface area contributed by atoms with E-state index in [2.05, 4.69) is 4.98 Å². The van der Waals surface area contributed by atoms with Crippen molar-refractivity contribution < 1.29 is 9.18 Å². The Hall–Kier alpha value is -1.45. The Morgan fingerprint density at radius 3 is 2.53 bits per heavy atom. The number of carbonyl (C=O) groups excluding carboxylic acids is 1. The second-order valence-corrected chi connectivity index (χ2v) is 4.08. The summed E-state index contributed by atoms with van der Waals surface area (Å²) in [6.07, 6.45) is 0.479. The van der Waals surface area contributed by atoms with Gasteiger partial charge in [0.1, 0.15) is 5.69 Å². The van der Waals surface area contributed by atoms with E-state index in [1.54, 1.807) is 18.2 Å². The van der Waals surface area contributed by atoms with Crippen molar-refractivity contribution >= 4 is 29.5 Å². The molecule has 0 amide bonds. The lowest BCUT2D eigenvalue weighted by atomic mass is 10.1. The molecule has 86 valence electrons. The van der Waals surface area contributed by atoms with Crippen molar-refractivity contribution in [2.75, 3.05) is 0 Å². The number of aromatic nitrogens is 1. The van der Waals surface area contributed by atoms with Gasteiger partial charge in [-0.05, 0) is 18.2 Å². The lowest BCUT2D eigenvalue weighted by Crippen LogP contribution is -1.94. The summed E-state index contributed by atoms with van der Waals surface area (Å²) in [6, 6.07) is 7.77. The maximum absolute atomic E-state index is 13.7. The normalized spacial score (nSPS) is 10.3. The van der Waals surface area contributed by atoms with Crippen LogP contribution in [-0.2, 0) is 0 Å². The van der Waals surface area contributed by atoms with Gasteiger partial charge >= 0.3 is 0 Å². The first-order chi connectivity index (χ1) is 8.13. The molecule has 2 nitrogen and oxygen atoms in total. The maximum atomic E-state index is 13.7. The second-order valence-electron chi connectivity index (χ2n) is 3.29.